The molecule has 22 heavy (non-hydrogen) atoms. The van der Waals surface area contributed by atoms with E-state index in [0.29, 0.717) is 10.6 Å². The van der Waals surface area contributed by atoms with Gasteiger partial charge in [0.15, 0.2) is 0 Å². The fourth-order valence-electron chi connectivity index (χ4n) is 2.81. The molecule has 1 aliphatic carbocycles. The number of hydrogen-bond acceptors (Lipinski definition) is 4. The van der Waals surface area contributed by atoms with Gasteiger partial charge in [0.1, 0.15) is 10.8 Å². The lowest BCUT2D eigenvalue weighted by molar-refractivity contribution is -0.114. The second-order valence-electron chi connectivity index (χ2n) is 5.18. The van der Waals surface area contributed by atoms with Crippen molar-refractivity contribution < 1.29 is 14.3 Å². The summed E-state index contributed by atoms with van der Waals surface area (Å²) in [6.45, 7) is 1.42. The molecule has 1 aromatic heterocycles. The van der Waals surface area contributed by atoms with Gasteiger partial charge >= 0.3 is 0 Å². The van der Waals surface area contributed by atoms with Gasteiger partial charge in [-0.25, -0.2) is 0 Å². The number of anilines is 1. The SMILES string of the molecule is COc1ccc2c(c1)CCc1c-2sc(NC(C)=O)c1C(N)=O. The molecule has 3 rings (SSSR count). The number of carbonyl (C=O) groups excluding carboxylic acids is 2. The van der Waals surface area contributed by atoms with Crippen molar-refractivity contribution in [3.05, 3.63) is 34.9 Å². The van der Waals surface area contributed by atoms with Crippen molar-refractivity contribution in [2.75, 3.05) is 12.4 Å². The van der Waals surface area contributed by atoms with Gasteiger partial charge in [0.2, 0.25) is 5.91 Å². The van der Waals surface area contributed by atoms with Crippen molar-refractivity contribution >= 4 is 28.2 Å². The number of nitrogens with two attached hydrogens (primary N) is 1. The van der Waals surface area contributed by atoms with Crippen molar-refractivity contribution in [1.29, 1.82) is 0 Å². The second-order valence-corrected chi connectivity index (χ2v) is 6.20. The molecule has 1 aliphatic rings. The van der Waals surface area contributed by atoms with Crippen LogP contribution in [-0.4, -0.2) is 18.9 Å². The normalized spacial score (nSPS) is 12.3. The summed E-state index contributed by atoms with van der Waals surface area (Å²) in [5.41, 5.74) is 9.15. The van der Waals surface area contributed by atoms with E-state index in [1.807, 2.05) is 18.2 Å². The standard InChI is InChI=1S/C16H16N2O3S/c1-8(19)18-16-13(15(17)20)12-5-3-9-7-10(21-2)4-6-11(9)14(12)22-16/h4,6-7H,3,5H2,1-2H3,(H2,17,20)(H,18,19). The lowest BCUT2D eigenvalue weighted by Crippen LogP contribution is -2.17. The first kappa shape index (κ1) is 14.6. The number of aryl methyl sites for hydroxylation is 1. The Hall–Kier alpha value is -2.34. The highest BCUT2D eigenvalue weighted by atomic mass is 32.1. The average molecular weight is 316 g/mol. The molecule has 0 fully saturated rings. The zero-order valence-corrected chi connectivity index (χ0v) is 13.2. The van der Waals surface area contributed by atoms with Gasteiger partial charge in [-0.3, -0.25) is 9.59 Å². The van der Waals surface area contributed by atoms with E-state index in [1.54, 1.807) is 7.11 Å². The zero-order valence-electron chi connectivity index (χ0n) is 12.4. The molecule has 0 unspecified atom stereocenters. The topological polar surface area (TPSA) is 81.4 Å². The van der Waals surface area contributed by atoms with Crippen LogP contribution >= 0.6 is 11.3 Å². The quantitative estimate of drug-likeness (QED) is 0.913. The number of methoxy groups -OCH3 is 1. The number of ether oxygens (including phenoxy) is 1. The number of nitrogens with one attached hydrogen (secondary N) is 1. The van der Waals surface area contributed by atoms with E-state index in [1.165, 1.54) is 23.8 Å². The van der Waals surface area contributed by atoms with Crippen molar-refractivity contribution in [3.63, 3.8) is 0 Å². The molecule has 6 heteroatoms. The maximum atomic E-state index is 11.8. The minimum atomic E-state index is -0.502. The van der Waals surface area contributed by atoms with E-state index in [0.717, 1.165) is 34.6 Å². The van der Waals surface area contributed by atoms with Crippen LogP contribution < -0.4 is 15.8 Å². The smallest absolute Gasteiger partial charge is 0.252 e. The van der Waals surface area contributed by atoms with Gasteiger partial charge in [-0.05, 0) is 47.7 Å². The van der Waals surface area contributed by atoms with Gasteiger partial charge in [-0.15, -0.1) is 11.3 Å². The van der Waals surface area contributed by atoms with Crippen LogP contribution in [0, 0.1) is 0 Å². The van der Waals surface area contributed by atoms with Gasteiger partial charge in [0.05, 0.1) is 12.7 Å². The lowest BCUT2D eigenvalue weighted by atomic mass is 9.89. The Morgan fingerprint density at radius 2 is 2.09 bits per heavy atom. The fourth-order valence-corrected chi connectivity index (χ4v) is 4.18. The molecular weight excluding hydrogens is 300 g/mol. The molecule has 0 aliphatic heterocycles. The van der Waals surface area contributed by atoms with Crippen molar-refractivity contribution in [1.82, 2.24) is 0 Å². The molecule has 0 radical (unpaired) electrons. The number of thiophene rings is 1. The molecule has 5 nitrogen and oxygen atoms in total. The molecule has 0 spiro atoms. The number of fused-ring (bicyclic) bond motifs is 3. The highest BCUT2D eigenvalue weighted by molar-refractivity contribution is 7.20. The predicted octanol–water partition coefficient (Wildman–Crippen LogP) is 2.58. The number of rotatable bonds is 3. The number of benzene rings is 1. The van der Waals surface area contributed by atoms with Gasteiger partial charge in [-0.1, -0.05) is 0 Å². The molecule has 0 saturated heterocycles. The molecule has 2 amide bonds. The van der Waals surface area contributed by atoms with Gasteiger partial charge in [0.25, 0.3) is 5.91 Å². The molecule has 114 valence electrons. The van der Waals surface area contributed by atoms with Crippen LogP contribution in [0.25, 0.3) is 10.4 Å². The minimum absolute atomic E-state index is 0.212. The Labute approximate surface area is 132 Å². The van der Waals surface area contributed by atoms with Crippen molar-refractivity contribution in [3.8, 4) is 16.2 Å². The first-order chi connectivity index (χ1) is 10.5. The molecule has 0 bridgehead atoms. The summed E-state index contributed by atoms with van der Waals surface area (Å²) < 4.78 is 5.26. The molecule has 1 aromatic carbocycles. The van der Waals surface area contributed by atoms with Crippen LogP contribution in [0.4, 0.5) is 5.00 Å². The molecule has 3 N–H and O–H groups in total. The number of amides is 2. The number of primary amides is 1. The first-order valence-corrected chi connectivity index (χ1v) is 7.73. The number of carbonyl (C=O) groups is 2. The average Bonchev–Trinajstić information content (AvgIpc) is 2.84. The summed E-state index contributed by atoms with van der Waals surface area (Å²) in [4.78, 5) is 24.2. The summed E-state index contributed by atoms with van der Waals surface area (Å²) in [6.07, 6.45) is 1.54. The van der Waals surface area contributed by atoms with E-state index in [4.69, 9.17) is 10.5 Å². The summed E-state index contributed by atoms with van der Waals surface area (Å²) in [5.74, 6) is 0.102. The summed E-state index contributed by atoms with van der Waals surface area (Å²) in [5, 5.41) is 3.26. The molecule has 1 heterocycles. The third kappa shape index (κ3) is 2.35. The highest BCUT2D eigenvalue weighted by Crippen LogP contribution is 2.45. The Morgan fingerprint density at radius 1 is 1.32 bits per heavy atom. The minimum Gasteiger partial charge on any atom is -0.497 e. The van der Waals surface area contributed by atoms with E-state index >= 15 is 0 Å². The zero-order chi connectivity index (χ0) is 15.9. The van der Waals surface area contributed by atoms with Gasteiger partial charge in [0, 0.05) is 11.8 Å². The maximum Gasteiger partial charge on any atom is 0.252 e. The van der Waals surface area contributed by atoms with Gasteiger partial charge < -0.3 is 15.8 Å². The Bertz CT molecular complexity index is 780. The molecule has 2 aromatic rings. The van der Waals surface area contributed by atoms with Gasteiger partial charge in [-0.2, -0.15) is 0 Å². The largest absolute Gasteiger partial charge is 0.497 e. The molecule has 0 saturated carbocycles. The summed E-state index contributed by atoms with van der Waals surface area (Å²) in [6, 6.07) is 5.90. The van der Waals surface area contributed by atoms with Crippen LogP contribution in [0.15, 0.2) is 18.2 Å². The van der Waals surface area contributed by atoms with Crippen LogP contribution in [0.5, 0.6) is 5.75 Å². The molecule has 0 atom stereocenters. The van der Waals surface area contributed by atoms with E-state index in [-0.39, 0.29) is 5.91 Å². The van der Waals surface area contributed by atoms with E-state index in [2.05, 4.69) is 5.32 Å². The van der Waals surface area contributed by atoms with Crippen LogP contribution in [0.1, 0.15) is 28.4 Å². The predicted molar refractivity (Wildman–Crippen MR) is 86.5 cm³/mol. The maximum absolute atomic E-state index is 11.8. The number of hydrogen-bond donors (Lipinski definition) is 2. The van der Waals surface area contributed by atoms with Crippen LogP contribution in [0.3, 0.4) is 0 Å². The third-order valence-electron chi connectivity index (χ3n) is 3.74. The van der Waals surface area contributed by atoms with E-state index in [9.17, 15) is 9.59 Å². The van der Waals surface area contributed by atoms with E-state index < -0.39 is 5.91 Å². The van der Waals surface area contributed by atoms with Crippen LogP contribution in [-0.2, 0) is 17.6 Å². The summed E-state index contributed by atoms with van der Waals surface area (Å²) >= 11 is 1.40. The van der Waals surface area contributed by atoms with Crippen molar-refractivity contribution in [2.45, 2.75) is 19.8 Å². The Kier molecular flexibility index (Phi) is 3.62. The molecular formula is C16H16N2O3S. The van der Waals surface area contributed by atoms with Crippen LogP contribution in [0.2, 0.25) is 0 Å². The Balaban J connectivity index is 2.17. The van der Waals surface area contributed by atoms with Crippen molar-refractivity contribution in [2.24, 2.45) is 5.73 Å². The first-order valence-electron chi connectivity index (χ1n) is 6.91. The lowest BCUT2D eigenvalue weighted by Gasteiger charge is -2.17. The monoisotopic (exact) mass is 316 g/mol. The fraction of sp³-hybridized carbons (Fsp3) is 0.250. The summed E-state index contributed by atoms with van der Waals surface area (Å²) in [7, 11) is 1.64. The third-order valence-corrected chi connectivity index (χ3v) is 4.93. The second kappa shape index (κ2) is 5.46. The Morgan fingerprint density at radius 3 is 2.73 bits per heavy atom. The highest BCUT2D eigenvalue weighted by Gasteiger charge is 2.27.